The Morgan fingerprint density at radius 3 is 2.31 bits per heavy atom. The van der Waals surface area contributed by atoms with E-state index in [0.29, 0.717) is 6.42 Å². The van der Waals surface area contributed by atoms with Gasteiger partial charge in [0.2, 0.25) is 4.33 Å². The fourth-order valence-corrected chi connectivity index (χ4v) is 1.47. The van der Waals surface area contributed by atoms with Gasteiger partial charge in [-0.05, 0) is 17.7 Å². The second-order valence-corrected chi connectivity index (χ2v) is 5.02. The van der Waals surface area contributed by atoms with Gasteiger partial charge in [0.05, 0.1) is 0 Å². The third kappa shape index (κ3) is 3.56. The van der Waals surface area contributed by atoms with Crippen LogP contribution in [0.15, 0.2) is 28.7 Å². The zero-order valence-corrected chi connectivity index (χ0v) is 9.70. The molecule has 0 unspecified atom stereocenters. The summed E-state index contributed by atoms with van der Waals surface area (Å²) in [5.41, 5.74) is 0.940. The smallest absolute Gasteiger partial charge is 0.195 e. The van der Waals surface area contributed by atoms with Gasteiger partial charge in [-0.2, -0.15) is 5.26 Å². The van der Waals surface area contributed by atoms with Gasteiger partial charge < -0.3 is 0 Å². The normalized spacial score (nSPS) is 10.9. The lowest BCUT2D eigenvalue weighted by Gasteiger charge is -2.09. The van der Waals surface area contributed by atoms with Gasteiger partial charge in [0.1, 0.15) is 6.07 Å². The number of nitriles is 1. The molecule has 0 fully saturated rings. The first-order valence-corrected chi connectivity index (χ1v) is 5.12. The number of alkyl halides is 2. The Balaban J connectivity index is 2.77. The average Bonchev–Trinajstić information content (AvgIpc) is 2.09. The van der Waals surface area contributed by atoms with Gasteiger partial charge in [0, 0.05) is 10.9 Å². The van der Waals surface area contributed by atoms with Crippen LogP contribution in [0.4, 0.5) is 0 Å². The van der Waals surface area contributed by atoms with Gasteiger partial charge in [-0.3, -0.25) is 0 Å². The minimum absolute atomic E-state index is 0.333. The SMILES string of the molecule is N#CC(Cl)(Cl)Cc1ccc(Br)cc1. The first-order valence-electron chi connectivity index (χ1n) is 3.57. The van der Waals surface area contributed by atoms with Crippen LogP contribution in [0.2, 0.25) is 0 Å². The lowest BCUT2D eigenvalue weighted by Crippen LogP contribution is -2.12. The van der Waals surface area contributed by atoms with Crippen molar-refractivity contribution in [2.45, 2.75) is 10.8 Å². The fraction of sp³-hybridized carbons (Fsp3) is 0.222. The van der Waals surface area contributed by atoms with Crippen LogP contribution >= 0.6 is 39.1 Å². The standard InChI is InChI=1S/C9H6BrCl2N/c10-8-3-1-7(2-4-8)5-9(11,12)6-13/h1-4H,5H2. The Morgan fingerprint density at radius 2 is 1.85 bits per heavy atom. The maximum Gasteiger partial charge on any atom is 0.207 e. The number of nitrogens with zero attached hydrogens (tertiary/aromatic N) is 1. The van der Waals surface area contributed by atoms with Crippen molar-refractivity contribution in [3.05, 3.63) is 34.3 Å². The third-order valence-electron chi connectivity index (χ3n) is 1.50. The summed E-state index contributed by atoms with van der Waals surface area (Å²) in [5, 5.41) is 8.59. The Bertz CT molecular complexity index is 326. The van der Waals surface area contributed by atoms with E-state index >= 15 is 0 Å². The minimum Gasteiger partial charge on any atom is -0.195 e. The van der Waals surface area contributed by atoms with Crippen molar-refractivity contribution in [3.8, 4) is 6.07 Å². The molecule has 0 aliphatic carbocycles. The van der Waals surface area contributed by atoms with Gasteiger partial charge in [0.25, 0.3) is 0 Å². The van der Waals surface area contributed by atoms with Crippen LogP contribution in [0, 0.1) is 11.3 Å². The van der Waals surface area contributed by atoms with Gasteiger partial charge in [-0.1, -0.05) is 51.3 Å². The fourth-order valence-electron chi connectivity index (χ4n) is 0.898. The van der Waals surface area contributed by atoms with E-state index < -0.39 is 4.33 Å². The molecule has 0 N–H and O–H groups in total. The molecular weight excluding hydrogens is 273 g/mol. The third-order valence-corrected chi connectivity index (χ3v) is 2.47. The molecule has 1 aromatic rings. The van der Waals surface area contributed by atoms with E-state index in [1.54, 1.807) is 0 Å². The second kappa shape index (κ2) is 4.32. The van der Waals surface area contributed by atoms with Crippen molar-refractivity contribution >= 4 is 39.1 Å². The molecule has 0 amide bonds. The lowest BCUT2D eigenvalue weighted by atomic mass is 10.1. The number of hydrogen-bond acceptors (Lipinski definition) is 1. The highest BCUT2D eigenvalue weighted by Crippen LogP contribution is 2.25. The van der Waals surface area contributed by atoms with Crippen LogP contribution in [-0.2, 0) is 6.42 Å². The molecule has 0 saturated carbocycles. The first kappa shape index (κ1) is 10.8. The van der Waals surface area contributed by atoms with Crippen LogP contribution < -0.4 is 0 Å². The first-order chi connectivity index (χ1) is 6.03. The molecule has 68 valence electrons. The molecule has 0 aromatic heterocycles. The average molecular weight is 279 g/mol. The van der Waals surface area contributed by atoms with Crippen molar-refractivity contribution in [1.82, 2.24) is 0 Å². The highest BCUT2D eigenvalue weighted by atomic mass is 79.9. The zero-order chi connectivity index (χ0) is 9.90. The molecule has 0 aliphatic heterocycles. The molecule has 1 aromatic carbocycles. The summed E-state index contributed by atoms with van der Waals surface area (Å²) < 4.78 is -0.337. The Morgan fingerprint density at radius 1 is 1.31 bits per heavy atom. The molecule has 0 spiro atoms. The summed E-state index contributed by atoms with van der Waals surface area (Å²) in [4.78, 5) is 0. The van der Waals surface area contributed by atoms with Crippen molar-refractivity contribution < 1.29 is 0 Å². The van der Waals surface area contributed by atoms with Crippen LogP contribution in [-0.4, -0.2) is 4.33 Å². The maximum atomic E-state index is 8.59. The maximum absolute atomic E-state index is 8.59. The molecule has 1 rings (SSSR count). The molecule has 1 nitrogen and oxygen atoms in total. The molecule has 0 radical (unpaired) electrons. The quantitative estimate of drug-likeness (QED) is 0.757. The number of rotatable bonds is 2. The van der Waals surface area contributed by atoms with E-state index in [0.717, 1.165) is 10.0 Å². The molecule has 0 heterocycles. The van der Waals surface area contributed by atoms with E-state index in [4.69, 9.17) is 28.5 Å². The Labute approximate surface area is 95.4 Å². The van der Waals surface area contributed by atoms with E-state index in [1.165, 1.54) is 0 Å². The summed E-state index contributed by atoms with van der Waals surface area (Å²) >= 11 is 14.7. The predicted octanol–water partition coefficient (Wildman–Crippen LogP) is 3.69. The topological polar surface area (TPSA) is 23.8 Å². The summed E-state index contributed by atoms with van der Waals surface area (Å²) in [6, 6.07) is 9.35. The van der Waals surface area contributed by atoms with Gasteiger partial charge in [0.15, 0.2) is 0 Å². The number of hydrogen-bond donors (Lipinski definition) is 0. The van der Waals surface area contributed by atoms with E-state index in [9.17, 15) is 0 Å². The summed E-state index contributed by atoms with van der Waals surface area (Å²) in [5.74, 6) is 0. The van der Waals surface area contributed by atoms with Gasteiger partial charge in [-0.25, -0.2) is 0 Å². The zero-order valence-electron chi connectivity index (χ0n) is 6.60. The highest BCUT2D eigenvalue weighted by molar-refractivity contribution is 9.10. The molecule has 0 aliphatic rings. The van der Waals surface area contributed by atoms with Crippen LogP contribution in [0.1, 0.15) is 5.56 Å². The molecule has 13 heavy (non-hydrogen) atoms. The van der Waals surface area contributed by atoms with Crippen LogP contribution in [0.25, 0.3) is 0 Å². The monoisotopic (exact) mass is 277 g/mol. The minimum atomic E-state index is -1.33. The van der Waals surface area contributed by atoms with Crippen molar-refractivity contribution in [3.63, 3.8) is 0 Å². The van der Waals surface area contributed by atoms with Gasteiger partial charge >= 0.3 is 0 Å². The predicted molar refractivity (Wildman–Crippen MR) is 57.9 cm³/mol. The number of benzene rings is 1. The Kier molecular flexibility index (Phi) is 3.61. The largest absolute Gasteiger partial charge is 0.207 e. The summed E-state index contributed by atoms with van der Waals surface area (Å²) in [6.07, 6.45) is 0.333. The molecule has 0 atom stereocenters. The molecule has 4 heteroatoms. The highest BCUT2D eigenvalue weighted by Gasteiger charge is 2.23. The molecule has 0 saturated heterocycles. The van der Waals surface area contributed by atoms with E-state index in [2.05, 4.69) is 15.9 Å². The summed E-state index contributed by atoms with van der Waals surface area (Å²) in [6.45, 7) is 0. The van der Waals surface area contributed by atoms with Crippen LogP contribution in [0.3, 0.4) is 0 Å². The van der Waals surface area contributed by atoms with Crippen LogP contribution in [0.5, 0.6) is 0 Å². The van der Waals surface area contributed by atoms with E-state index in [1.807, 2.05) is 30.3 Å². The van der Waals surface area contributed by atoms with E-state index in [-0.39, 0.29) is 0 Å². The Hall–Kier alpha value is -0.230. The number of halogens is 3. The van der Waals surface area contributed by atoms with Gasteiger partial charge in [-0.15, -0.1) is 0 Å². The second-order valence-electron chi connectivity index (χ2n) is 2.62. The molecular formula is C9H6BrCl2N. The summed E-state index contributed by atoms with van der Waals surface area (Å²) in [7, 11) is 0. The molecule has 0 bridgehead atoms. The van der Waals surface area contributed by atoms with Crippen molar-refractivity contribution in [2.75, 3.05) is 0 Å². The van der Waals surface area contributed by atoms with Crippen molar-refractivity contribution in [1.29, 1.82) is 5.26 Å². The van der Waals surface area contributed by atoms with Crippen molar-refractivity contribution in [2.24, 2.45) is 0 Å². The lowest BCUT2D eigenvalue weighted by molar-refractivity contribution is 0.946.